The number of Topliss-reactive ketones (excluding diaryl/α,β-unsaturated/α-hetero) is 1. The van der Waals surface area contributed by atoms with Crippen molar-refractivity contribution in [2.24, 2.45) is 0 Å². The van der Waals surface area contributed by atoms with Crippen LogP contribution in [0.4, 0.5) is 0 Å². The van der Waals surface area contributed by atoms with Gasteiger partial charge in [-0.3, -0.25) is 14.2 Å². The predicted molar refractivity (Wildman–Crippen MR) is 92.4 cm³/mol. The van der Waals surface area contributed by atoms with Gasteiger partial charge in [-0.2, -0.15) is 5.26 Å². The lowest BCUT2D eigenvalue weighted by atomic mass is 9.97. The Kier molecular flexibility index (Phi) is 5.13. The Morgan fingerprint density at radius 2 is 2.32 bits per heavy atom. The van der Waals surface area contributed by atoms with E-state index >= 15 is 0 Å². The second-order valence-corrected chi connectivity index (χ2v) is 6.56. The molecule has 1 aliphatic rings. The van der Waals surface area contributed by atoms with Gasteiger partial charge in [-0.05, 0) is 31.5 Å². The Bertz CT molecular complexity index is 918. The number of piperidine rings is 1. The summed E-state index contributed by atoms with van der Waals surface area (Å²) in [6, 6.07) is 4.51. The third-order valence-corrected chi connectivity index (χ3v) is 4.69. The van der Waals surface area contributed by atoms with Crippen molar-refractivity contribution in [1.29, 1.82) is 5.26 Å². The van der Waals surface area contributed by atoms with Crippen LogP contribution in [-0.2, 0) is 11.3 Å². The molecule has 130 valence electrons. The van der Waals surface area contributed by atoms with Gasteiger partial charge in [0.25, 0.3) is 5.56 Å². The highest BCUT2D eigenvalue weighted by Crippen LogP contribution is 2.20. The first-order valence-corrected chi connectivity index (χ1v) is 8.39. The lowest BCUT2D eigenvalue weighted by Gasteiger charge is -2.28. The second kappa shape index (κ2) is 7.31. The molecule has 2 heterocycles. The highest BCUT2D eigenvalue weighted by atomic mass is 35.5. The summed E-state index contributed by atoms with van der Waals surface area (Å²) in [7, 11) is 0. The van der Waals surface area contributed by atoms with E-state index in [1.807, 2.05) is 6.07 Å². The quantitative estimate of drug-likeness (QED) is 0.841. The highest BCUT2D eigenvalue weighted by Gasteiger charge is 2.25. The Morgan fingerprint density at radius 3 is 3.04 bits per heavy atom. The topological polar surface area (TPSA) is 108 Å². The first-order valence-electron chi connectivity index (χ1n) is 8.01. The number of rotatable bonds is 4. The number of nitriles is 1. The Hall–Kier alpha value is -2.27. The van der Waals surface area contributed by atoms with Crippen molar-refractivity contribution >= 4 is 28.3 Å². The summed E-state index contributed by atoms with van der Waals surface area (Å²) in [6.07, 6.45) is 2.45. The van der Waals surface area contributed by atoms with Gasteiger partial charge in [-0.1, -0.05) is 11.6 Å². The average Bonchev–Trinajstić information content (AvgIpc) is 2.59. The molecule has 3 rings (SSSR count). The van der Waals surface area contributed by atoms with Crippen LogP contribution in [0.15, 0.2) is 23.3 Å². The molecule has 1 fully saturated rings. The van der Waals surface area contributed by atoms with Crippen molar-refractivity contribution < 1.29 is 9.90 Å². The molecule has 0 amide bonds. The zero-order chi connectivity index (χ0) is 18.0. The molecular formula is C17H17ClN4O3. The number of ketones is 1. The van der Waals surface area contributed by atoms with E-state index in [0.29, 0.717) is 11.9 Å². The molecule has 1 aromatic heterocycles. The molecule has 2 atom stereocenters. The highest BCUT2D eigenvalue weighted by molar-refractivity contribution is 6.32. The van der Waals surface area contributed by atoms with Crippen LogP contribution in [0.2, 0.25) is 5.02 Å². The van der Waals surface area contributed by atoms with Crippen LogP contribution < -0.4 is 10.9 Å². The van der Waals surface area contributed by atoms with Crippen molar-refractivity contribution in [1.82, 2.24) is 14.9 Å². The van der Waals surface area contributed by atoms with Crippen LogP contribution in [0.25, 0.3) is 10.9 Å². The molecule has 7 nitrogen and oxygen atoms in total. The monoisotopic (exact) mass is 360 g/mol. The SMILES string of the molecule is N#Cc1cc2ncn(CC(=O)C[C@H]3NCCC[C@@H]3O)c(=O)c2cc1Cl. The van der Waals surface area contributed by atoms with Gasteiger partial charge < -0.3 is 10.4 Å². The molecule has 0 saturated carbocycles. The van der Waals surface area contributed by atoms with Crippen molar-refractivity contribution in [2.45, 2.75) is 38.0 Å². The fraction of sp³-hybridized carbons (Fsp3) is 0.412. The molecule has 0 radical (unpaired) electrons. The first kappa shape index (κ1) is 17.5. The number of halogens is 1. The molecule has 0 bridgehead atoms. The van der Waals surface area contributed by atoms with Crippen LogP contribution >= 0.6 is 11.6 Å². The zero-order valence-electron chi connectivity index (χ0n) is 13.4. The fourth-order valence-corrected chi connectivity index (χ4v) is 3.23. The number of carbonyl (C=O) groups is 1. The lowest BCUT2D eigenvalue weighted by molar-refractivity contribution is -0.121. The number of aromatic nitrogens is 2. The number of carbonyl (C=O) groups excluding carboxylic acids is 1. The Morgan fingerprint density at radius 1 is 1.52 bits per heavy atom. The third-order valence-electron chi connectivity index (χ3n) is 4.38. The van der Waals surface area contributed by atoms with E-state index in [4.69, 9.17) is 16.9 Å². The molecule has 0 unspecified atom stereocenters. The summed E-state index contributed by atoms with van der Waals surface area (Å²) >= 11 is 5.98. The van der Waals surface area contributed by atoms with Crippen molar-refractivity contribution in [3.63, 3.8) is 0 Å². The summed E-state index contributed by atoms with van der Waals surface area (Å²) in [5.41, 5.74) is 0.216. The smallest absolute Gasteiger partial charge is 0.261 e. The van der Waals surface area contributed by atoms with Gasteiger partial charge in [-0.15, -0.1) is 0 Å². The maximum Gasteiger partial charge on any atom is 0.261 e. The molecule has 0 spiro atoms. The predicted octanol–water partition coefficient (Wildman–Crippen LogP) is 0.994. The summed E-state index contributed by atoms with van der Waals surface area (Å²) in [4.78, 5) is 29.0. The number of aliphatic hydroxyl groups excluding tert-OH is 1. The van der Waals surface area contributed by atoms with Crippen molar-refractivity contribution in [3.05, 3.63) is 39.4 Å². The van der Waals surface area contributed by atoms with E-state index < -0.39 is 6.10 Å². The summed E-state index contributed by atoms with van der Waals surface area (Å²) in [5, 5.41) is 22.5. The Balaban J connectivity index is 1.82. The maximum atomic E-state index is 12.5. The number of nitrogens with one attached hydrogen (secondary N) is 1. The van der Waals surface area contributed by atoms with Gasteiger partial charge in [0.2, 0.25) is 0 Å². The number of aliphatic hydroxyl groups is 1. The molecule has 2 aromatic rings. The Labute approximate surface area is 148 Å². The van der Waals surface area contributed by atoms with E-state index in [0.717, 1.165) is 13.0 Å². The van der Waals surface area contributed by atoms with Gasteiger partial charge >= 0.3 is 0 Å². The van der Waals surface area contributed by atoms with Crippen LogP contribution in [0.5, 0.6) is 0 Å². The third kappa shape index (κ3) is 3.71. The second-order valence-electron chi connectivity index (χ2n) is 6.15. The van der Waals surface area contributed by atoms with E-state index in [2.05, 4.69) is 10.3 Å². The van der Waals surface area contributed by atoms with Gasteiger partial charge in [0.15, 0.2) is 5.78 Å². The minimum absolute atomic E-state index is 0.121. The molecule has 1 aromatic carbocycles. The van der Waals surface area contributed by atoms with E-state index in [1.165, 1.54) is 23.0 Å². The van der Waals surface area contributed by atoms with Crippen LogP contribution in [0, 0.1) is 11.3 Å². The van der Waals surface area contributed by atoms with Crippen LogP contribution in [-0.4, -0.2) is 39.1 Å². The van der Waals surface area contributed by atoms with Crippen LogP contribution in [0.1, 0.15) is 24.8 Å². The van der Waals surface area contributed by atoms with Crippen molar-refractivity contribution in [3.8, 4) is 6.07 Å². The molecule has 25 heavy (non-hydrogen) atoms. The molecule has 2 N–H and O–H groups in total. The average molecular weight is 361 g/mol. The zero-order valence-corrected chi connectivity index (χ0v) is 14.2. The minimum atomic E-state index is -0.549. The number of benzene rings is 1. The van der Waals surface area contributed by atoms with Crippen LogP contribution in [0.3, 0.4) is 0 Å². The molecule has 8 heteroatoms. The fourth-order valence-electron chi connectivity index (χ4n) is 3.02. The van der Waals surface area contributed by atoms with Gasteiger partial charge in [-0.25, -0.2) is 4.98 Å². The number of hydrogen-bond donors (Lipinski definition) is 2. The lowest BCUT2D eigenvalue weighted by Crippen LogP contribution is -2.46. The van der Waals surface area contributed by atoms with Gasteiger partial charge in [0.05, 0.1) is 40.5 Å². The summed E-state index contributed by atoms with van der Waals surface area (Å²) in [6.45, 7) is 0.649. The number of fused-ring (bicyclic) bond motifs is 1. The summed E-state index contributed by atoms with van der Waals surface area (Å²) in [5.74, 6) is -0.165. The minimum Gasteiger partial charge on any atom is -0.391 e. The number of hydrogen-bond acceptors (Lipinski definition) is 6. The first-order chi connectivity index (χ1) is 12.0. The summed E-state index contributed by atoms with van der Waals surface area (Å²) < 4.78 is 1.22. The molecule has 1 aliphatic heterocycles. The van der Waals surface area contributed by atoms with E-state index in [9.17, 15) is 14.7 Å². The van der Waals surface area contributed by atoms with Crippen molar-refractivity contribution in [2.75, 3.05) is 6.54 Å². The van der Waals surface area contributed by atoms with E-state index in [1.54, 1.807) is 0 Å². The van der Waals surface area contributed by atoms with Gasteiger partial charge in [0.1, 0.15) is 6.07 Å². The largest absolute Gasteiger partial charge is 0.391 e. The molecular weight excluding hydrogens is 344 g/mol. The van der Waals surface area contributed by atoms with E-state index in [-0.39, 0.29) is 46.3 Å². The maximum absolute atomic E-state index is 12.5. The van der Waals surface area contributed by atoms with Gasteiger partial charge in [0, 0.05) is 12.5 Å². The standard InChI is InChI=1S/C17H17ClN4O3/c18-13-6-12-14(4-10(13)7-19)21-9-22(17(12)25)8-11(23)5-15-16(24)2-1-3-20-15/h4,6,9,15-16,20,24H,1-3,5,8H2/t15-,16+/m1/s1. The molecule has 0 aliphatic carbocycles. The molecule has 1 saturated heterocycles. The number of nitrogens with zero attached hydrogens (tertiary/aromatic N) is 3. The normalized spacial score (nSPS) is 20.4.